The van der Waals surface area contributed by atoms with Crippen molar-refractivity contribution in [3.8, 4) is 0 Å². The molecule has 1 N–H and O–H groups in total. The molecule has 0 saturated carbocycles. The van der Waals surface area contributed by atoms with Gasteiger partial charge in [0.2, 0.25) is 0 Å². The van der Waals surface area contributed by atoms with Crippen LogP contribution in [0.3, 0.4) is 0 Å². The fourth-order valence-electron chi connectivity index (χ4n) is 3.37. The lowest BCUT2D eigenvalue weighted by atomic mass is 10.1. The molecular formula is C22H22N4O2. The summed E-state index contributed by atoms with van der Waals surface area (Å²) in [7, 11) is 0. The molecule has 6 nitrogen and oxygen atoms in total. The summed E-state index contributed by atoms with van der Waals surface area (Å²) in [6, 6.07) is 12.3. The van der Waals surface area contributed by atoms with Gasteiger partial charge in [0.15, 0.2) is 0 Å². The lowest BCUT2D eigenvalue weighted by molar-refractivity contribution is 0.0792. The maximum absolute atomic E-state index is 12.6. The van der Waals surface area contributed by atoms with E-state index in [1.165, 1.54) is 0 Å². The maximum atomic E-state index is 12.6. The quantitative estimate of drug-likeness (QED) is 0.758. The summed E-state index contributed by atoms with van der Waals surface area (Å²) >= 11 is 0. The molecule has 2 heterocycles. The number of hydrogen-bond donors (Lipinski definition) is 1. The Morgan fingerprint density at radius 2 is 1.46 bits per heavy atom. The molecule has 0 aliphatic carbocycles. The number of aryl methyl sites for hydroxylation is 2. The Morgan fingerprint density at radius 3 is 2.14 bits per heavy atom. The van der Waals surface area contributed by atoms with Gasteiger partial charge >= 0.3 is 0 Å². The van der Waals surface area contributed by atoms with Gasteiger partial charge in [-0.1, -0.05) is 0 Å². The fourth-order valence-corrected chi connectivity index (χ4v) is 3.37. The molecule has 1 aromatic heterocycles. The number of rotatable bonds is 3. The second-order valence-corrected chi connectivity index (χ2v) is 7.13. The van der Waals surface area contributed by atoms with Crippen LogP contribution >= 0.6 is 0 Å². The number of nitrogens with zero attached hydrogens (tertiary/aromatic N) is 3. The number of carbonyl (C=O) groups excluding carboxylic acids is 2. The van der Waals surface area contributed by atoms with Crippen molar-refractivity contribution in [1.82, 2.24) is 14.9 Å². The van der Waals surface area contributed by atoms with Gasteiger partial charge in [0.05, 0.1) is 22.4 Å². The third-order valence-corrected chi connectivity index (χ3v) is 5.12. The Morgan fingerprint density at radius 1 is 0.857 bits per heavy atom. The van der Waals surface area contributed by atoms with Crippen LogP contribution in [0, 0.1) is 13.8 Å². The third kappa shape index (κ3) is 3.58. The molecule has 0 radical (unpaired) electrons. The van der Waals surface area contributed by atoms with Crippen LogP contribution in [-0.4, -0.2) is 39.8 Å². The highest BCUT2D eigenvalue weighted by atomic mass is 16.2. The highest BCUT2D eigenvalue weighted by Gasteiger charge is 2.19. The molecule has 3 aromatic rings. The van der Waals surface area contributed by atoms with Crippen molar-refractivity contribution in [1.29, 1.82) is 0 Å². The van der Waals surface area contributed by atoms with Gasteiger partial charge < -0.3 is 10.2 Å². The lowest BCUT2D eigenvalue weighted by Gasteiger charge is -2.15. The smallest absolute Gasteiger partial charge is 0.255 e. The fraction of sp³-hybridized carbons (Fsp3) is 0.273. The lowest BCUT2D eigenvalue weighted by Crippen LogP contribution is -2.27. The molecular weight excluding hydrogens is 352 g/mol. The number of carbonyl (C=O) groups is 2. The van der Waals surface area contributed by atoms with Crippen molar-refractivity contribution in [2.45, 2.75) is 26.7 Å². The number of anilines is 1. The third-order valence-electron chi connectivity index (χ3n) is 5.12. The zero-order valence-corrected chi connectivity index (χ0v) is 16.0. The van der Waals surface area contributed by atoms with E-state index < -0.39 is 0 Å². The van der Waals surface area contributed by atoms with Gasteiger partial charge in [-0.15, -0.1) is 0 Å². The first-order valence-electron chi connectivity index (χ1n) is 9.47. The molecule has 2 amide bonds. The van der Waals surface area contributed by atoms with Crippen molar-refractivity contribution in [2.24, 2.45) is 0 Å². The van der Waals surface area contributed by atoms with Crippen LogP contribution in [0.5, 0.6) is 0 Å². The van der Waals surface area contributed by atoms with E-state index in [1.54, 1.807) is 36.4 Å². The summed E-state index contributed by atoms with van der Waals surface area (Å²) in [5.41, 5.74) is 5.01. The Bertz CT molecular complexity index is 1050. The predicted molar refractivity (Wildman–Crippen MR) is 109 cm³/mol. The van der Waals surface area contributed by atoms with Crippen molar-refractivity contribution in [2.75, 3.05) is 18.4 Å². The molecule has 6 heteroatoms. The number of amides is 2. The summed E-state index contributed by atoms with van der Waals surface area (Å²) < 4.78 is 0. The van der Waals surface area contributed by atoms with Gasteiger partial charge in [0.1, 0.15) is 0 Å². The zero-order valence-electron chi connectivity index (χ0n) is 16.0. The first-order valence-corrected chi connectivity index (χ1v) is 9.47. The molecule has 0 unspecified atom stereocenters. The number of likely N-dealkylation sites (tertiary alicyclic amines) is 1. The summed E-state index contributed by atoms with van der Waals surface area (Å²) in [4.78, 5) is 35.9. The van der Waals surface area contributed by atoms with Crippen LogP contribution in [0.15, 0.2) is 42.5 Å². The number of nitrogens with one attached hydrogen (secondary N) is 1. The van der Waals surface area contributed by atoms with E-state index in [0.717, 1.165) is 42.8 Å². The molecule has 1 aliphatic heterocycles. The Kier molecular flexibility index (Phi) is 4.77. The van der Waals surface area contributed by atoms with Crippen molar-refractivity contribution < 1.29 is 9.59 Å². The predicted octanol–water partition coefficient (Wildman–Crippen LogP) is 3.73. The summed E-state index contributed by atoms with van der Waals surface area (Å²) in [5.74, 6) is -0.172. The molecule has 2 aromatic carbocycles. The SMILES string of the molecule is Cc1nc2ccc(C(=O)Nc3ccc(C(=O)N4CCCC4)cc3)cc2nc1C. The van der Waals surface area contributed by atoms with E-state index in [-0.39, 0.29) is 11.8 Å². The van der Waals surface area contributed by atoms with E-state index in [0.29, 0.717) is 22.3 Å². The van der Waals surface area contributed by atoms with Crippen LogP contribution in [0.2, 0.25) is 0 Å². The van der Waals surface area contributed by atoms with Gasteiger partial charge in [-0.3, -0.25) is 9.59 Å². The average Bonchev–Trinajstić information content (AvgIpc) is 3.23. The summed E-state index contributed by atoms with van der Waals surface area (Å²) in [5, 5.41) is 2.87. The van der Waals surface area contributed by atoms with E-state index in [4.69, 9.17) is 0 Å². The molecule has 0 spiro atoms. The van der Waals surface area contributed by atoms with Crippen LogP contribution in [0.25, 0.3) is 11.0 Å². The van der Waals surface area contributed by atoms with Crippen molar-refractivity contribution in [3.63, 3.8) is 0 Å². The molecule has 0 atom stereocenters. The molecule has 1 fully saturated rings. The van der Waals surface area contributed by atoms with Crippen molar-refractivity contribution >= 4 is 28.5 Å². The highest BCUT2D eigenvalue weighted by Crippen LogP contribution is 2.18. The molecule has 1 aliphatic rings. The summed E-state index contributed by atoms with van der Waals surface area (Å²) in [6.07, 6.45) is 2.13. The Labute approximate surface area is 163 Å². The molecule has 142 valence electrons. The first-order chi connectivity index (χ1) is 13.5. The van der Waals surface area contributed by atoms with Crippen LogP contribution in [0.1, 0.15) is 44.9 Å². The van der Waals surface area contributed by atoms with E-state index >= 15 is 0 Å². The van der Waals surface area contributed by atoms with Gasteiger partial charge in [-0.25, -0.2) is 9.97 Å². The maximum Gasteiger partial charge on any atom is 0.255 e. The number of benzene rings is 2. The zero-order chi connectivity index (χ0) is 19.7. The normalized spacial score (nSPS) is 13.7. The van der Waals surface area contributed by atoms with Crippen LogP contribution in [0.4, 0.5) is 5.69 Å². The molecule has 28 heavy (non-hydrogen) atoms. The summed E-state index contributed by atoms with van der Waals surface area (Å²) in [6.45, 7) is 5.46. The standard InChI is InChI=1S/C22H22N4O2/c1-14-15(2)24-20-13-17(7-10-19(20)23-14)21(27)25-18-8-5-16(6-9-18)22(28)26-11-3-4-12-26/h5-10,13H,3-4,11-12H2,1-2H3,(H,25,27). The Balaban J connectivity index is 1.49. The second-order valence-electron chi connectivity index (χ2n) is 7.13. The minimum Gasteiger partial charge on any atom is -0.339 e. The molecule has 0 bridgehead atoms. The van der Waals surface area contributed by atoms with Gasteiger partial charge in [-0.2, -0.15) is 0 Å². The van der Waals surface area contributed by atoms with Crippen LogP contribution < -0.4 is 5.32 Å². The number of fused-ring (bicyclic) bond motifs is 1. The van der Waals surface area contributed by atoms with Crippen molar-refractivity contribution in [3.05, 3.63) is 65.0 Å². The monoisotopic (exact) mass is 374 g/mol. The largest absolute Gasteiger partial charge is 0.339 e. The van der Waals surface area contributed by atoms with Gasteiger partial charge in [0, 0.05) is 29.9 Å². The number of aromatic nitrogens is 2. The van der Waals surface area contributed by atoms with Gasteiger partial charge in [-0.05, 0) is 69.2 Å². The Hall–Kier alpha value is -3.28. The minimum atomic E-state index is -0.222. The van der Waals surface area contributed by atoms with E-state index in [1.807, 2.05) is 24.8 Å². The van der Waals surface area contributed by atoms with Crippen LogP contribution in [-0.2, 0) is 0 Å². The molecule has 1 saturated heterocycles. The first kappa shape index (κ1) is 18.1. The molecule has 4 rings (SSSR count). The van der Waals surface area contributed by atoms with Gasteiger partial charge in [0.25, 0.3) is 11.8 Å². The topological polar surface area (TPSA) is 75.2 Å². The second kappa shape index (κ2) is 7.38. The average molecular weight is 374 g/mol. The number of hydrogen-bond acceptors (Lipinski definition) is 4. The van der Waals surface area contributed by atoms with E-state index in [2.05, 4.69) is 15.3 Å². The highest BCUT2D eigenvalue weighted by molar-refractivity contribution is 6.06. The van der Waals surface area contributed by atoms with E-state index in [9.17, 15) is 9.59 Å². The minimum absolute atomic E-state index is 0.0501.